The van der Waals surface area contributed by atoms with Crippen LogP contribution in [0.1, 0.15) is 17.1 Å². The number of anilines is 1. The molecule has 3 rings (SSSR count). The quantitative estimate of drug-likeness (QED) is 0.860. The molecule has 2 aromatic heterocycles. The molecule has 6 heteroatoms. The van der Waals surface area contributed by atoms with E-state index in [0.717, 1.165) is 55.0 Å². The summed E-state index contributed by atoms with van der Waals surface area (Å²) in [6.45, 7) is 8.99. The number of aryl methyl sites for hydroxylation is 2. The van der Waals surface area contributed by atoms with E-state index in [1.165, 1.54) is 0 Å². The molecule has 1 aliphatic rings. The molecule has 0 amide bonds. The Bertz CT molecular complexity index is 542. The highest BCUT2D eigenvalue weighted by atomic mass is 32.1. The van der Waals surface area contributed by atoms with Gasteiger partial charge in [-0.1, -0.05) is 5.16 Å². The normalized spacial score (nSPS) is 17.1. The standard InChI is InChI=1S/C13H18N4OS/c1-10-7-12(18-15-10)8-16-3-5-17(6-4-16)13-14-11(2)9-19-13/h7,9H,3-6,8H2,1-2H3. The van der Waals surface area contributed by atoms with Crippen molar-refractivity contribution in [1.29, 1.82) is 0 Å². The molecular weight excluding hydrogens is 260 g/mol. The van der Waals surface area contributed by atoms with Gasteiger partial charge in [0.1, 0.15) is 0 Å². The maximum atomic E-state index is 5.27. The molecule has 19 heavy (non-hydrogen) atoms. The minimum absolute atomic E-state index is 0.853. The van der Waals surface area contributed by atoms with E-state index in [9.17, 15) is 0 Å². The largest absolute Gasteiger partial charge is 0.360 e. The van der Waals surface area contributed by atoms with Crippen LogP contribution in [-0.2, 0) is 6.54 Å². The Kier molecular flexibility index (Phi) is 3.52. The van der Waals surface area contributed by atoms with Gasteiger partial charge in [-0.05, 0) is 13.8 Å². The average Bonchev–Trinajstić information content (AvgIpc) is 3.00. The maximum absolute atomic E-state index is 5.27. The molecule has 0 spiro atoms. The highest BCUT2D eigenvalue weighted by Gasteiger charge is 2.20. The van der Waals surface area contributed by atoms with Gasteiger partial charge in [-0.3, -0.25) is 4.90 Å². The molecular formula is C13H18N4OS. The minimum atomic E-state index is 0.853. The van der Waals surface area contributed by atoms with Crippen LogP contribution in [0.25, 0.3) is 0 Å². The molecule has 0 radical (unpaired) electrons. The Balaban J connectivity index is 1.54. The van der Waals surface area contributed by atoms with Crippen molar-refractivity contribution in [1.82, 2.24) is 15.0 Å². The fraction of sp³-hybridized carbons (Fsp3) is 0.538. The van der Waals surface area contributed by atoms with E-state index in [0.29, 0.717) is 0 Å². The summed E-state index contributed by atoms with van der Waals surface area (Å²) in [6, 6.07) is 2.01. The van der Waals surface area contributed by atoms with Gasteiger partial charge in [0.05, 0.1) is 17.9 Å². The molecule has 1 fully saturated rings. The molecule has 0 atom stereocenters. The third-order valence-electron chi connectivity index (χ3n) is 3.31. The Labute approximate surface area is 116 Å². The average molecular weight is 278 g/mol. The van der Waals surface area contributed by atoms with E-state index >= 15 is 0 Å². The van der Waals surface area contributed by atoms with Gasteiger partial charge in [0, 0.05) is 37.6 Å². The Morgan fingerprint density at radius 1 is 1.21 bits per heavy atom. The number of hydrogen-bond donors (Lipinski definition) is 0. The lowest BCUT2D eigenvalue weighted by Crippen LogP contribution is -2.45. The molecule has 0 saturated carbocycles. The first-order valence-electron chi connectivity index (χ1n) is 6.52. The molecule has 0 aliphatic carbocycles. The number of nitrogens with zero attached hydrogens (tertiary/aromatic N) is 4. The smallest absolute Gasteiger partial charge is 0.185 e. The topological polar surface area (TPSA) is 45.4 Å². The summed E-state index contributed by atoms with van der Waals surface area (Å²) in [7, 11) is 0. The van der Waals surface area contributed by atoms with Gasteiger partial charge in [0.15, 0.2) is 10.9 Å². The summed E-state index contributed by atoms with van der Waals surface area (Å²) in [5.41, 5.74) is 2.06. The lowest BCUT2D eigenvalue weighted by atomic mass is 10.3. The summed E-state index contributed by atoms with van der Waals surface area (Å²) in [6.07, 6.45) is 0. The first-order chi connectivity index (χ1) is 9.20. The number of hydrogen-bond acceptors (Lipinski definition) is 6. The predicted molar refractivity (Wildman–Crippen MR) is 75.6 cm³/mol. The van der Waals surface area contributed by atoms with Crippen molar-refractivity contribution in [3.8, 4) is 0 Å². The predicted octanol–water partition coefficient (Wildman–Crippen LogP) is 2.07. The summed E-state index contributed by atoms with van der Waals surface area (Å²) in [5, 5.41) is 7.18. The van der Waals surface area contributed by atoms with Crippen LogP contribution in [-0.4, -0.2) is 41.2 Å². The number of thiazole rings is 1. The molecule has 1 saturated heterocycles. The highest BCUT2D eigenvalue weighted by molar-refractivity contribution is 7.13. The lowest BCUT2D eigenvalue weighted by molar-refractivity contribution is 0.219. The van der Waals surface area contributed by atoms with Gasteiger partial charge in [-0.25, -0.2) is 4.98 Å². The number of rotatable bonds is 3. The fourth-order valence-electron chi connectivity index (χ4n) is 2.30. The van der Waals surface area contributed by atoms with Crippen LogP contribution in [0.5, 0.6) is 0 Å². The van der Waals surface area contributed by atoms with Gasteiger partial charge in [-0.2, -0.15) is 0 Å². The second-order valence-corrected chi connectivity index (χ2v) is 5.81. The van der Waals surface area contributed by atoms with E-state index < -0.39 is 0 Å². The lowest BCUT2D eigenvalue weighted by Gasteiger charge is -2.33. The molecule has 5 nitrogen and oxygen atoms in total. The minimum Gasteiger partial charge on any atom is -0.360 e. The van der Waals surface area contributed by atoms with Gasteiger partial charge in [0.2, 0.25) is 0 Å². The van der Waals surface area contributed by atoms with E-state index in [1.54, 1.807) is 11.3 Å². The third-order valence-corrected chi connectivity index (χ3v) is 4.33. The van der Waals surface area contributed by atoms with Crippen LogP contribution < -0.4 is 4.90 Å². The van der Waals surface area contributed by atoms with Crippen LogP contribution in [0.4, 0.5) is 5.13 Å². The molecule has 0 bridgehead atoms. The molecule has 3 heterocycles. The number of piperazine rings is 1. The van der Waals surface area contributed by atoms with Crippen LogP contribution >= 0.6 is 11.3 Å². The molecule has 0 N–H and O–H groups in total. The molecule has 2 aromatic rings. The summed E-state index contributed by atoms with van der Waals surface area (Å²) in [4.78, 5) is 9.30. The highest BCUT2D eigenvalue weighted by Crippen LogP contribution is 2.21. The van der Waals surface area contributed by atoms with Crippen molar-refractivity contribution in [3.05, 3.63) is 28.6 Å². The van der Waals surface area contributed by atoms with Crippen molar-refractivity contribution in [2.75, 3.05) is 31.1 Å². The Morgan fingerprint density at radius 3 is 2.58 bits per heavy atom. The van der Waals surface area contributed by atoms with Crippen molar-refractivity contribution in [2.45, 2.75) is 20.4 Å². The second-order valence-electron chi connectivity index (χ2n) is 4.97. The van der Waals surface area contributed by atoms with E-state index in [-0.39, 0.29) is 0 Å². The van der Waals surface area contributed by atoms with Crippen molar-refractivity contribution < 1.29 is 4.52 Å². The maximum Gasteiger partial charge on any atom is 0.185 e. The van der Waals surface area contributed by atoms with Gasteiger partial charge in [0.25, 0.3) is 0 Å². The monoisotopic (exact) mass is 278 g/mol. The van der Waals surface area contributed by atoms with E-state index in [4.69, 9.17) is 4.52 Å². The fourth-order valence-corrected chi connectivity index (χ4v) is 3.15. The van der Waals surface area contributed by atoms with Gasteiger partial charge in [-0.15, -0.1) is 11.3 Å². The molecule has 0 aromatic carbocycles. The molecule has 1 aliphatic heterocycles. The summed E-state index contributed by atoms with van der Waals surface area (Å²) in [5.74, 6) is 0.955. The summed E-state index contributed by atoms with van der Waals surface area (Å²) >= 11 is 1.73. The molecule has 102 valence electrons. The zero-order valence-corrected chi connectivity index (χ0v) is 12.1. The third kappa shape index (κ3) is 2.96. The van der Waals surface area contributed by atoms with Crippen molar-refractivity contribution >= 4 is 16.5 Å². The van der Waals surface area contributed by atoms with Crippen LogP contribution in [0.15, 0.2) is 16.0 Å². The zero-order valence-electron chi connectivity index (χ0n) is 11.3. The van der Waals surface area contributed by atoms with E-state index in [1.807, 2.05) is 19.9 Å². The zero-order chi connectivity index (χ0) is 13.2. The van der Waals surface area contributed by atoms with Crippen molar-refractivity contribution in [3.63, 3.8) is 0 Å². The van der Waals surface area contributed by atoms with Gasteiger partial charge < -0.3 is 9.42 Å². The molecule has 0 unspecified atom stereocenters. The van der Waals surface area contributed by atoms with Crippen LogP contribution in [0.3, 0.4) is 0 Å². The van der Waals surface area contributed by atoms with Crippen LogP contribution in [0, 0.1) is 13.8 Å². The van der Waals surface area contributed by atoms with Crippen LogP contribution in [0.2, 0.25) is 0 Å². The van der Waals surface area contributed by atoms with E-state index in [2.05, 4.69) is 25.3 Å². The second kappa shape index (κ2) is 5.30. The Morgan fingerprint density at radius 2 is 2.00 bits per heavy atom. The SMILES string of the molecule is Cc1cc(CN2CCN(c3nc(C)cs3)CC2)on1. The first kappa shape index (κ1) is 12.6. The number of aromatic nitrogens is 2. The first-order valence-corrected chi connectivity index (χ1v) is 7.40. The van der Waals surface area contributed by atoms with Crippen molar-refractivity contribution in [2.24, 2.45) is 0 Å². The Hall–Kier alpha value is -1.40. The van der Waals surface area contributed by atoms with Gasteiger partial charge >= 0.3 is 0 Å². The summed E-state index contributed by atoms with van der Waals surface area (Å²) < 4.78 is 5.27.